The number of amides is 1. The summed E-state index contributed by atoms with van der Waals surface area (Å²) in [5, 5.41) is 3.04. The molecule has 2 rings (SSSR count). The number of benzene rings is 1. The van der Waals surface area contributed by atoms with Gasteiger partial charge in [-0.25, -0.2) is 0 Å². The summed E-state index contributed by atoms with van der Waals surface area (Å²) in [6, 6.07) is 6.83. The van der Waals surface area contributed by atoms with Crippen LogP contribution in [0, 0.1) is 19.8 Å². The van der Waals surface area contributed by atoms with Crippen molar-refractivity contribution >= 4 is 5.91 Å². The summed E-state index contributed by atoms with van der Waals surface area (Å²) in [5.74, 6) is 0.00552. The largest absolute Gasteiger partial charge is 0.353 e. The molecule has 1 saturated carbocycles. The molecule has 0 aromatic heterocycles. The van der Waals surface area contributed by atoms with E-state index in [1.54, 1.807) is 0 Å². The molecule has 0 spiro atoms. The van der Waals surface area contributed by atoms with Crippen LogP contribution in [0.4, 0.5) is 0 Å². The number of hydrogen-bond donors (Lipinski definition) is 2. The smallest absolute Gasteiger partial charge is 0.224 e. The van der Waals surface area contributed by atoms with Gasteiger partial charge in [0.25, 0.3) is 0 Å². The summed E-state index contributed by atoms with van der Waals surface area (Å²) in [4.78, 5) is 12.0. The highest BCUT2D eigenvalue weighted by atomic mass is 16.2. The van der Waals surface area contributed by atoms with E-state index in [0.717, 1.165) is 19.3 Å². The van der Waals surface area contributed by atoms with Crippen LogP contribution < -0.4 is 11.1 Å². The Kier molecular flexibility index (Phi) is 4.02. The fourth-order valence-corrected chi connectivity index (χ4v) is 2.30. The van der Waals surface area contributed by atoms with Gasteiger partial charge in [-0.15, -0.1) is 0 Å². The monoisotopic (exact) mass is 246 g/mol. The molecule has 18 heavy (non-hydrogen) atoms. The number of hydrogen-bond acceptors (Lipinski definition) is 2. The lowest BCUT2D eigenvalue weighted by Gasteiger charge is -2.15. The van der Waals surface area contributed by atoms with E-state index in [4.69, 9.17) is 5.73 Å². The van der Waals surface area contributed by atoms with Gasteiger partial charge < -0.3 is 11.1 Å². The molecule has 3 heteroatoms. The van der Waals surface area contributed by atoms with Crippen molar-refractivity contribution in [3.8, 4) is 0 Å². The highest BCUT2D eigenvalue weighted by molar-refractivity contribution is 5.79. The van der Waals surface area contributed by atoms with Crippen LogP contribution in [0.25, 0.3) is 0 Å². The molecular formula is C15H22N2O. The molecular weight excluding hydrogens is 224 g/mol. The van der Waals surface area contributed by atoms with Crippen molar-refractivity contribution in [1.29, 1.82) is 0 Å². The Labute approximate surface area is 109 Å². The Hall–Kier alpha value is -1.35. The second-order valence-corrected chi connectivity index (χ2v) is 5.42. The van der Waals surface area contributed by atoms with Crippen LogP contribution in [0.2, 0.25) is 0 Å². The van der Waals surface area contributed by atoms with Gasteiger partial charge in [0.05, 0.1) is 5.92 Å². The molecule has 1 aromatic rings. The predicted molar refractivity (Wildman–Crippen MR) is 73.3 cm³/mol. The molecule has 0 saturated heterocycles. The van der Waals surface area contributed by atoms with E-state index >= 15 is 0 Å². The molecule has 0 aliphatic heterocycles. The number of carbonyl (C=O) groups is 1. The molecule has 0 heterocycles. The van der Waals surface area contributed by atoms with Crippen molar-refractivity contribution in [3.63, 3.8) is 0 Å². The normalized spacial score (nSPS) is 16.4. The third kappa shape index (κ3) is 3.57. The van der Waals surface area contributed by atoms with E-state index in [-0.39, 0.29) is 11.8 Å². The average molecular weight is 246 g/mol. The highest BCUT2D eigenvalue weighted by Crippen LogP contribution is 2.20. The van der Waals surface area contributed by atoms with Gasteiger partial charge >= 0.3 is 0 Å². The zero-order valence-electron chi connectivity index (χ0n) is 11.2. The van der Waals surface area contributed by atoms with Gasteiger partial charge in [0.15, 0.2) is 0 Å². The third-order valence-electron chi connectivity index (χ3n) is 3.34. The van der Waals surface area contributed by atoms with E-state index < -0.39 is 0 Å². The predicted octanol–water partition coefficient (Wildman–Crippen LogP) is 1.70. The van der Waals surface area contributed by atoms with Crippen LogP contribution in [0.1, 0.15) is 29.5 Å². The molecule has 1 amide bonds. The molecule has 1 aromatic carbocycles. The first-order chi connectivity index (χ1) is 8.58. The van der Waals surface area contributed by atoms with Crippen molar-refractivity contribution < 1.29 is 4.79 Å². The Balaban J connectivity index is 2.01. The van der Waals surface area contributed by atoms with Gasteiger partial charge in [0.2, 0.25) is 5.91 Å². The standard InChI is InChI=1S/C15H22N2O/c1-10-5-11(2)7-12(6-10)8-13(9-16)15(18)17-14-3-4-14/h5-7,13-14H,3-4,8-9,16H2,1-2H3,(H,17,18). The number of rotatable bonds is 5. The minimum absolute atomic E-state index is 0.105. The van der Waals surface area contributed by atoms with Crippen LogP contribution in [0.15, 0.2) is 18.2 Å². The first kappa shape index (κ1) is 13.1. The highest BCUT2D eigenvalue weighted by Gasteiger charge is 2.26. The van der Waals surface area contributed by atoms with Gasteiger partial charge in [0.1, 0.15) is 0 Å². The number of nitrogens with one attached hydrogen (secondary N) is 1. The molecule has 1 unspecified atom stereocenters. The zero-order chi connectivity index (χ0) is 13.1. The number of nitrogens with two attached hydrogens (primary N) is 1. The van der Waals surface area contributed by atoms with Crippen molar-refractivity contribution in [2.75, 3.05) is 6.54 Å². The topological polar surface area (TPSA) is 55.1 Å². The van der Waals surface area contributed by atoms with Gasteiger partial charge in [-0.3, -0.25) is 4.79 Å². The molecule has 0 bridgehead atoms. The fraction of sp³-hybridized carbons (Fsp3) is 0.533. The van der Waals surface area contributed by atoms with Crippen LogP contribution in [0.5, 0.6) is 0 Å². The third-order valence-corrected chi connectivity index (χ3v) is 3.34. The maximum Gasteiger partial charge on any atom is 0.224 e. The second kappa shape index (κ2) is 5.53. The molecule has 0 radical (unpaired) electrons. The van der Waals surface area contributed by atoms with E-state index in [9.17, 15) is 4.79 Å². The maximum absolute atomic E-state index is 12.0. The quantitative estimate of drug-likeness (QED) is 0.831. The summed E-state index contributed by atoms with van der Waals surface area (Å²) in [7, 11) is 0. The zero-order valence-corrected chi connectivity index (χ0v) is 11.2. The van der Waals surface area contributed by atoms with Crippen LogP contribution in [-0.2, 0) is 11.2 Å². The van der Waals surface area contributed by atoms with Crippen molar-refractivity contribution in [2.45, 2.75) is 39.2 Å². The van der Waals surface area contributed by atoms with E-state index in [1.807, 2.05) is 0 Å². The Morgan fingerprint density at radius 2 is 1.94 bits per heavy atom. The first-order valence-corrected chi connectivity index (χ1v) is 6.66. The maximum atomic E-state index is 12.0. The molecule has 1 aliphatic rings. The Bertz CT molecular complexity index is 418. The van der Waals surface area contributed by atoms with E-state index in [0.29, 0.717) is 12.6 Å². The lowest BCUT2D eigenvalue weighted by Crippen LogP contribution is -2.37. The summed E-state index contributed by atoms with van der Waals surface area (Å²) in [5.41, 5.74) is 9.41. The van der Waals surface area contributed by atoms with Crippen LogP contribution in [0.3, 0.4) is 0 Å². The van der Waals surface area contributed by atoms with E-state index in [1.165, 1.54) is 16.7 Å². The fourth-order valence-electron chi connectivity index (χ4n) is 2.30. The molecule has 1 aliphatic carbocycles. The lowest BCUT2D eigenvalue weighted by atomic mass is 9.96. The second-order valence-electron chi connectivity index (χ2n) is 5.42. The van der Waals surface area contributed by atoms with Gasteiger partial charge in [0, 0.05) is 12.6 Å². The van der Waals surface area contributed by atoms with Gasteiger partial charge in [-0.2, -0.15) is 0 Å². The molecule has 3 nitrogen and oxygen atoms in total. The Morgan fingerprint density at radius 3 is 2.44 bits per heavy atom. The molecule has 1 atom stereocenters. The summed E-state index contributed by atoms with van der Waals surface area (Å²) in [6.45, 7) is 4.57. The van der Waals surface area contributed by atoms with E-state index in [2.05, 4.69) is 37.4 Å². The first-order valence-electron chi connectivity index (χ1n) is 6.66. The SMILES string of the molecule is Cc1cc(C)cc(CC(CN)C(=O)NC2CC2)c1. The van der Waals surface area contributed by atoms with Gasteiger partial charge in [-0.05, 0) is 38.7 Å². The molecule has 3 N–H and O–H groups in total. The van der Waals surface area contributed by atoms with Gasteiger partial charge in [-0.1, -0.05) is 29.3 Å². The average Bonchev–Trinajstić information content (AvgIpc) is 3.08. The summed E-state index contributed by atoms with van der Waals surface area (Å²) < 4.78 is 0. The number of aryl methyl sites for hydroxylation is 2. The number of carbonyl (C=O) groups excluding carboxylic acids is 1. The van der Waals surface area contributed by atoms with Crippen molar-refractivity contribution in [3.05, 3.63) is 34.9 Å². The van der Waals surface area contributed by atoms with Crippen LogP contribution >= 0.6 is 0 Å². The molecule has 98 valence electrons. The molecule has 1 fully saturated rings. The lowest BCUT2D eigenvalue weighted by molar-refractivity contribution is -0.124. The minimum Gasteiger partial charge on any atom is -0.353 e. The minimum atomic E-state index is -0.105. The van der Waals surface area contributed by atoms with Crippen molar-refractivity contribution in [1.82, 2.24) is 5.32 Å². The Morgan fingerprint density at radius 1 is 1.33 bits per heavy atom. The summed E-state index contributed by atoms with van der Waals surface area (Å²) in [6.07, 6.45) is 2.97. The van der Waals surface area contributed by atoms with Crippen LogP contribution in [-0.4, -0.2) is 18.5 Å². The van der Waals surface area contributed by atoms with Crippen molar-refractivity contribution in [2.24, 2.45) is 11.7 Å². The summed E-state index contributed by atoms with van der Waals surface area (Å²) >= 11 is 0.